The monoisotopic (exact) mass is 283 g/mol. The van der Waals surface area contributed by atoms with Gasteiger partial charge in [0.1, 0.15) is 10.7 Å². The second-order valence-electron chi connectivity index (χ2n) is 5.08. The lowest BCUT2D eigenvalue weighted by molar-refractivity contribution is 0.0848. The predicted octanol–water partition coefficient (Wildman–Crippen LogP) is 0.510. The van der Waals surface area contributed by atoms with Crippen molar-refractivity contribution in [2.24, 2.45) is 5.92 Å². The number of nitrogens with zero attached hydrogens (tertiary/aromatic N) is 1. The maximum Gasteiger partial charge on any atom is 0.244 e. The summed E-state index contributed by atoms with van der Waals surface area (Å²) in [5.74, 6) is 0.526. The van der Waals surface area contributed by atoms with E-state index in [1.165, 1.54) is 12.3 Å². The lowest BCUT2D eigenvalue weighted by Crippen LogP contribution is -2.41. The molecule has 0 aromatic carbocycles. The van der Waals surface area contributed by atoms with E-state index in [1.807, 2.05) is 0 Å². The van der Waals surface area contributed by atoms with Gasteiger partial charge in [-0.15, -0.1) is 0 Å². The first-order chi connectivity index (χ1) is 9.08. The summed E-state index contributed by atoms with van der Waals surface area (Å²) in [5, 5.41) is 0. The Kier molecular flexibility index (Phi) is 3.20. The highest BCUT2D eigenvalue weighted by Crippen LogP contribution is 2.39. The molecule has 2 unspecified atom stereocenters. The van der Waals surface area contributed by atoms with Crippen molar-refractivity contribution in [2.75, 3.05) is 12.3 Å². The Balaban J connectivity index is 1.80. The molecule has 1 aliphatic heterocycles. The van der Waals surface area contributed by atoms with Crippen molar-refractivity contribution in [1.29, 1.82) is 0 Å². The molecule has 3 rings (SSSR count). The molecule has 0 amide bonds. The molecule has 2 atom stereocenters. The number of hydrogen-bond donors (Lipinski definition) is 2. The number of pyridine rings is 1. The number of hydrogen-bond acceptors (Lipinski definition) is 5. The molecule has 6 nitrogen and oxygen atoms in total. The fourth-order valence-electron chi connectivity index (χ4n) is 2.52. The Labute approximate surface area is 112 Å². The van der Waals surface area contributed by atoms with Crippen molar-refractivity contribution in [3.8, 4) is 0 Å². The van der Waals surface area contributed by atoms with Crippen LogP contribution in [-0.4, -0.2) is 32.2 Å². The summed E-state index contributed by atoms with van der Waals surface area (Å²) >= 11 is 0. The second kappa shape index (κ2) is 4.73. The molecule has 0 spiro atoms. The first-order valence-corrected chi connectivity index (χ1v) is 7.91. The minimum absolute atomic E-state index is 0.00710. The quantitative estimate of drug-likeness (QED) is 0.839. The standard InChI is InChI=1S/C12H17N3O3S/c13-12-10(2-1-6-14-12)19(16,17)15-9-5-7-18-11(9)8-3-4-8/h1-2,6,8-9,11,15H,3-5,7H2,(H2,13,14). The van der Waals surface area contributed by atoms with E-state index in [0.717, 1.165) is 12.8 Å². The van der Waals surface area contributed by atoms with Gasteiger partial charge in [0.05, 0.1) is 12.1 Å². The van der Waals surface area contributed by atoms with E-state index in [4.69, 9.17) is 10.5 Å². The van der Waals surface area contributed by atoms with Gasteiger partial charge in [-0.25, -0.2) is 18.1 Å². The number of sulfonamides is 1. The zero-order valence-electron chi connectivity index (χ0n) is 10.5. The number of anilines is 1. The normalized spacial score (nSPS) is 27.6. The van der Waals surface area contributed by atoms with E-state index >= 15 is 0 Å². The molecular weight excluding hydrogens is 266 g/mol. The molecule has 2 heterocycles. The summed E-state index contributed by atoms with van der Waals surface area (Å²) in [4.78, 5) is 3.85. The Morgan fingerprint density at radius 3 is 2.84 bits per heavy atom. The summed E-state index contributed by atoms with van der Waals surface area (Å²) < 4.78 is 33.0. The van der Waals surface area contributed by atoms with Gasteiger partial charge in [0, 0.05) is 12.8 Å². The van der Waals surface area contributed by atoms with Crippen LogP contribution in [0.3, 0.4) is 0 Å². The van der Waals surface area contributed by atoms with Gasteiger partial charge in [0.2, 0.25) is 10.0 Å². The van der Waals surface area contributed by atoms with Crippen LogP contribution in [0.25, 0.3) is 0 Å². The lowest BCUT2D eigenvalue weighted by Gasteiger charge is -2.19. The molecule has 0 radical (unpaired) electrons. The number of ether oxygens (including phenoxy) is 1. The van der Waals surface area contributed by atoms with E-state index in [2.05, 4.69) is 9.71 Å². The van der Waals surface area contributed by atoms with Gasteiger partial charge in [-0.05, 0) is 37.3 Å². The first-order valence-electron chi connectivity index (χ1n) is 6.42. The van der Waals surface area contributed by atoms with E-state index in [-0.39, 0.29) is 22.9 Å². The van der Waals surface area contributed by atoms with E-state index < -0.39 is 10.0 Å². The van der Waals surface area contributed by atoms with Gasteiger partial charge in [0.25, 0.3) is 0 Å². The smallest absolute Gasteiger partial charge is 0.244 e. The Hall–Kier alpha value is -1.18. The van der Waals surface area contributed by atoms with Crippen LogP contribution >= 0.6 is 0 Å². The van der Waals surface area contributed by atoms with Crippen molar-refractivity contribution in [1.82, 2.24) is 9.71 Å². The largest absolute Gasteiger partial charge is 0.383 e. The summed E-state index contributed by atoms with van der Waals surface area (Å²) in [7, 11) is -3.63. The number of nitrogen functional groups attached to an aromatic ring is 1. The first kappa shape index (κ1) is 12.8. The maximum absolute atomic E-state index is 12.3. The lowest BCUT2D eigenvalue weighted by atomic mass is 10.1. The number of nitrogens with one attached hydrogen (secondary N) is 1. The van der Waals surface area contributed by atoms with Crippen LogP contribution in [0.1, 0.15) is 19.3 Å². The highest BCUT2D eigenvalue weighted by atomic mass is 32.2. The minimum atomic E-state index is -3.63. The van der Waals surface area contributed by atoms with E-state index in [9.17, 15) is 8.42 Å². The second-order valence-corrected chi connectivity index (χ2v) is 6.76. The van der Waals surface area contributed by atoms with Crippen molar-refractivity contribution >= 4 is 15.8 Å². The van der Waals surface area contributed by atoms with Crippen LogP contribution in [0.15, 0.2) is 23.2 Å². The van der Waals surface area contributed by atoms with Crippen LogP contribution < -0.4 is 10.5 Å². The number of nitrogens with two attached hydrogens (primary N) is 1. The van der Waals surface area contributed by atoms with Crippen LogP contribution in [0.2, 0.25) is 0 Å². The third-order valence-corrected chi connectivity index (χ3v) is 5.16. The fraction of sp³-hybridized carbons (Fsp3) is 0.583. The highest BCUT2D eigenvalue weighted by Gasteiger charge is 2.42. The Morgan fingerprint density at radius 1 is 1.37 bits per heavy atom. The van der Waals surface area contributed by atoms with Crippen LogP contribution in [0.4, 0.5) is 5.82 Å². The topological polar surface area (TPSA) is 94.3 Å². The molecule has 1 aromatic heterocycles. The van der Waals surface area contributed by atoms with Crippen molar-refractivity contribution in [2.45, 2.75) is 36.3 Å². The van der Waals surface area contributed by atoms with Crippen LogP contribution in [-0.2, 0) is 14.8 Å². The molecule has 1 saturated carbocycles. The molecule has 2 fully saturated rings. The van der Waals surface area contributed by atoms with Crippen molar-refractivity contribution in [3.05, 3.63) is 18.3 Å². The molecule has 0 bridgehead atoms. The zero-order chi connectivity index (χ0) is 13.5. The third kappa shape index (κ3) is 2.58. The highest BCUT2D eigenvalue weighted by molar-refractivity contribution is 7.89. The van der Waals surface area contributed by atoms with Gasteiger partial charge in [-0.2, -0.15) is 0 Å². The average molecular weight is 283 g/mol. The van der Waals surface area contributed by atoms with E-state index in [1.54, 1.807) is 6.07 Å². The predicted molar refractivity (Wildman–Crippen MR) is 69.8 cm³/mol. The molecule has 19 heavy (non-hydrogen) atoms. The molecule has 7 heteroatoms. The van der Waals surface area contributed by atoms with Gasteiger partial charge in [-0.1, -0.05) is 0 Å². The third-order valence-electron chi connectivity index (χ3n) is 3.62. The number of rotatable bonds is 4. The van der Waals surface area contributed by atoms with Crippen LogP contribution in [0, 0.1) is 5.92 Å². The maximum atomic E-state index is 12.3. The molecule has 2 aliphatic rings. The minimum Gasteiger partial charge on any atom is -0.383 e. The number of aromatic nitrogens is 1. The molecule has 1 aliphatic carbocycles. The van der Waals surface area contributed by atoms with Crippen molar-refractivity contribution < 1.29 is 13.2 Å². The summed E-state index contributed by atoms with van der Waals surface area (Å²) in [6, 6.07) is 2.87. The molecule has 3 N–H and O–H groups in total. The fourth-order valence-corrected chi connectivity index (χ4v) is 3.88. The molecule has 1 saturated heterocycles. The average Bonchev–Trinajstić information content (AvgIpc) is 3.11. The van der Waals surface area contributed by atoms with E-state index in [0.29, 0.717) is 18.9 Å². The molecule has 104 valence electrons. The SMILES string of the molecule is Nc1ncccc1S(=O)(=O)NC1CCOC1C1CC1. The zero-order valence-corrected chi connectivity index (χ0v) is 11.3. The van der Waals surface area contributed by atoms with Gasteiger partial charge >= 0.3 is 0 Å². The van der Waals surface area contributed by atoms with Crippen molar-refractivity contribution in [3.63, 3.8) is 0 Å². The summed E-state index contributed by atoms with van der Waals surface area (Å²) in [5.41, 5.74) is 5.63. The summed E-state index contributed by atoms with van der Waals surface area (Å²) in [6.45, 7) is 0.608. The van der Waals surface area contributed by atoms with Gasteiger partial charge < -0.3 is 10.5 Å². The molecular formula is C12H17N3O3S. The van der Waals surface area contributed by atoms with Gasteiger partial charge in [-0.3, -0.25) is 0 Å². The summed E-state index contributed by atoms with van der Waals surface area (Å²) in [6.07, 6.45) is 4.43. The van der Waals surface area contributed by atoms with Gasteiger partial charge in [0.15, 0.2) is 0 Å². The Morgan fingerprint density at radius 2 is 2.16 bits per heavy atom. The molecule has 1 aromatic rings. The van der Waals surface area contributed by atoms with Crippen LogP contribution in [0.5, 0.6) is 0 Å². The Bertz CT molecular complexity index is 571.